The molecule has 2 aliphatic rings. The topological polar surface area (TPSA) is 65.5 Å². The summed E-state index contributed by atoms with van der Waals surface area (Å²) in [7, 11) is 0. The lowest BCUT2D eigenvalue weighted by Crippen LogP contribution is -2.45. The Morgan fingerprint density at radius 2 is 1.51 bits per heavy atom. The minimum atomic E-state index is -0.207. The number of rotatable bonds is 9. The number of piperidine rings is 1. The van der Waals surface area contributed by atoms with E-state index in [1.807, 2.05) is 71.8 Å². The standard InChI is InChI=1S/C31H36N4O2.2ClH/c36-29(22-25-8-3-1-4-9-25)33-28(27-11-5-2-6-12-27)13-18-34-19-14-31(15-20-34)16-21-35(30(31)37)24-26-10-7-17-32-23-26;;/h1-12,17,23,28H,13-16,18-22,24H2,(H,33,36);2*1H. The number of benzene rings is 2. The normalized spacial score (nSPS) is 17.2. The highest BCUT2D eigenvalue weighted by Gasteiger charge is 2.47. The Bertz CT molecular complexity index is 1170. The van der Waals surface area contributed by atoms with Crippen LogP contribution < -0.4 is 5.32 Å². The van der Waals surface area contributed by atoms with E-state index < -0.39 is 0 Å². The molecule has 1 atom stereocenters. The number of carbonyl (C=O) groups is 2. The van der Waals surface area contributed by atoms with E-state index in [1.165, 1.54) is 0 Å². The summed E-state index contributed by atoms with van der Waals surface area (Å²) in [5.74, 6) is 0.356. The van der Waals surface area contributed by atoms with Gasteiger partial charge in [-0.1, -0.05) is 66.7 Å². The molecule has 3 heterocycles. The fourth-order valence-corrected chi connectivity index (χ4v) is 5.77. The molecule has 2 aliphatic heterocycles. The minimum absolute atomic E-state index is 0. The summed E-state index contributed by atoms with van der Waals surface area (Å²) in [5, 5.41) is 3.27. The molecular formula is C31H38Cl2N4O2. The number of nitrogens with one attached hydrogen (secondary N) is 1. The quantitative estimate of drug-likeness (QED) is 0.384. The van der Waals surface area contributed by atoms with Crippen LogP contribution in [0.1, 0.15) is 48.4 Å². The largest absolute Gasteiger partial charge is 0.349 e. The molecule has 2 saturated heterocycles. The second-order valence-corrected chi connectivity index (χ2v) is 10.4. The third-order valence-corrected chi connectivity index (χ3v) is 7.99. The van der Waals surface area contributed by atoms with Crippen LogP contribution in [-0.2, 0) is 22.6 Å². The van der Waals surface area contributed by atoms with Crippen molar-refractivity contribution in [1.82, 2.24) is 20.1 Å². The van der Waals surface area contributed by atoms with Gasteiger partial charge in [0, 0.05) is 32.0 Å². The zero-order valence-electron chi connectivity index (χ0n) is 22.2. The van der Waals surface area contributed by atoms with Gasteiger partial charge in [0.05, 0.1) is 17.9 Å². The van der Waals surface area contributed by atoms with Gasteiger partial charge < -0.3 is 15.1 Å². The predicted molar refractivity (Wildman–Crippen MR) is 159 cm³/mol. The monoisotopic (exact) mass is 568 g/mol. The van der Waals surface area contributed by atoms with Gasteiger partial charge in [-0.15, -0.1) is 24.8 Å². The molecule has 1 spiro atoms. The van der Waals surface area contributed by atoms with Gasteiger partial charge in [-0.25, -0.2) is 0 Å². The van der Waals surface area contributed by atoms with Crippen molar-refractivity contribution < 1.29 is 9.59 Å². The van der Waals surface area contributed by atoms with E-state index in [1.54, 1.807) is 6.20 Å². The zero-order chi connectivity index (χ0) is 25.5. The molecule has 208 valence electrons. The molecule has 0 saturated carbocycles. The smallest absolute Gasteiger partial charge is 0.229 e. The van der Waals surface area contributed by atoms with E-state index >= 15 is 0 Å². The van der Waals surface area contributed by atoms with Crippen molar-refractivity contribution in [2.75, 3.05) is 26.2 Å². The average Bonchev–Trinajstić information content (AvgIpc) is 3.23. The molecule has 1 N–H and O–H groups in total. The second-order valence-electron chi connectivity index (χ2n) is 10.4. The van der Waals surface area contributed by atoms with Crippen LogP contribution in [0, 0.1) is 5.41 Å². The maximum atomic E-state index is 13.4. The number of likely N-dealkylation sites (tertiary alicyclic amines) is 2. The summed E-state index contributed by atoms with van der Waals surface area (Å²) in [6.07, 6.45) is 7.61. The van der Waals surface area contributed by atoms with Gasteiger partial charge in [-0.05, 0) is 61.5 Å². The highest BCUT2D eigenvalue weighted by atomic mass is 35.5. The maximum absolute atomic E-state index is 13.4. The first-order valence-electron chi connectivity index (χ1n) is 13.4. The van der Waals surface area contributed by atoms with E-state index in [4.69, 9.17) is 0 Å². The number of amides is 2. The van der Waals surface area contributed by atoms with Crippen LogP contribution in [-0.4, -0.2) is 52.8 Å². The molecule has 5 rings (SSSR count). The summed E-state index contributed by atoms with van der Waals surface area (Å²) in [6, 6.07) is 24.1. The van der Waals surface area contributed by atoms with Crippen LogP contribution in [0.2, 0.25) is 0 Å². The Labute approximate surface area is 244 Å². The lowest BCUT2D eigenvalue weighted by atomic mass is 9.77. The first-order valence-corrected chi connectivity index (χ1v) is 13.4. The number of hydrogen-bond donors (Lipinski definition) is 1. The summed E-state index contributed by atoms with van der Waals surface area (Å²) in [4.78, 5) is 34.9. The lowest BCUT2D eigenvalue weighted by molar-refractivity contribution is -0.139. The van der Waals surface area contributed by atoms with Crippen molar-refractivity contribution in [2.24, 2.45) is 5.41 Å². The van der Waals surface area contributed by atoms with Gasteiger partial charge in [0.2, 0.25) is 11.8 Å². The van der Waals surface area contributed by atoms with Gasteiger partial charge in [0.25, 0.3) is 0 Å². The van der Waals surface area contributed by atoms with Crippen LogP contribution in [0.4, 0.5) is 0 Å². The fourth-order valence-electron chi connectivity index (χ4n) is 5.77. The first-order chi connectivity index (χ1) is 18.1. The Hall–Kier alpha value is -2.93. The molecule has 2 fully saturated rings. The maximum Gasteiger partial charge on any atom is 0.229 e. The molecule has 39 heavy (non-hydrogen) atoms. The van der Waals surface area contributed by atoms with Gasteiger partial charge in [-0.3, -0.25) is 14.6 Å². The van der Waals surface area contributed by atoms with E-state index in [0.717, 1.165) is 68.6 Å². The average molecular weight is 570 g/mol. The van der Waals surface area contributed by atoms with Crippen molar-refractivity contribution in [2.45, 2.75) is 44.7 Å². The van der Waals surface area contributed by atoms with Crippen molar-refractivity contribution >= 4 is 36.6 Å². The number of carbonyl (C=O) groups excluding carboxylic acids is 2. The molecule has 0 aliphatic carbocycles. The lowest BCUT2D eigenvalue weighted by Gasteiger charge is -2.38. The minimum Gasteiger partial charge on any atom is -0.349 e. The predicted octanol–water partition coefficient (Wildman–Crippen LogP) is 5.23. The summed E-state index contributed by atoms with van der Waals surface area (Å²) < 4.78 is 0. The van der Waals surface area contributed by atoms with Crippen LogP contribution >= 0.6 is 24.8 Å². The van der Waals surface area contributed by atoms with E-state index in [9.17, 15) is 9.59 Å². The summed E-state index contributed by atoms with van der Waals surface area (Å²) in [5.41, 5.74) is 3.04. The van der Waals surface area contributed by atoms with Crippen molar-refractivity contribution in [3.05, 3.63) is 102 Å². The number of nitrogens with zero attached hydrogens (tertiary/aromatic N) is 3. The highest BCUT2D eigenvalue weighted by molar-refractivity contribution is 5.86. The third-order valence-electron chi connectivity index (χ3n) is 7.99. The Morgan fingerprint density at radius 1 is 0.872 bits per heavy atom. The van der Waals surface area contributed by atoms with E-state index in [2.05, 4.69) is 27.3 Å². The van der Waals surface area contributed by atoms with Crippen LogP contribution in [0.25, 0.3) is 0 Å². The SMILES string of the molecule is Cl.Cl.O=C(Cc1ccccc1)NC(CCN1CCC2(CC1)CCN(Cc1cccnc1)C2=O)c1ccccc1. The van der Waals surface area contributed by atoms with E-state index in [-0.39, 0.29) is 42.2 Å². The number of halogens is 2. The zero-order valence-corrected chi connectivity index (χ0v) is 23.8. The summed E-state index contributed by atoms with van der Waals surface area (Å²) in [6.45, 7) is 4.23. The highest BCUT2D eigenvalue weighted by Crippen LogP contribution is 2.42. The van der Waals surface area contributed by atoms with Gasteiger partial charge in [0.15, 0.2) is 0 Å². The molecule has 2 amide bonds. The number of pyridine rings is 1. The molecule has 0 bridgehead atoms. The third kappa shape index (κ3) is 7.81. The fraction of sp³-hybridized carbons (Fsp3) is 0.387. The molecule has 6 nitrogen and oxygen atoms in total. The molecular weight excluding hydrogens is 531 g/mol. The molecule has 1 unspecified atom stereocenters. The molecule has 2 aromatic carbocycles. The van der Waals surface area contributed by atoms with Crippen molar-refractivity contribution in [1.29, 1.82) is 0 Å². The van der Waals surface area contributed by atoms with Crippen LogP contribution in [0.15, 0.2) is 85.2 Å². The van der Waals surface area contributed by atoms with Crippen molar-refractivity contribution in [3.63, 3.8) is 0 Å². The Morgan fingerprint density at radius 3 is 2.18 bits per heavy atom. The van der Waals surface area contributed by atoms with Gasteiger partial charge >= 0.3 is 0 Å². The number of aromatic nitrogens is 1. The molecule has 0 radical (unpaired) electrons. The summed E-state index contributed by atoms with van der Waals surface area (Å²) >= 11 is 0. The van der Waals surface area contributed by atoms with Crippen LogP contribution in [0.3, 0.4) is 0 Å². The molecule has 8 heteroatoms. The Kier molecular flexibility index (Phi) is 11.3. The second kappa shape index (κ2) is 14.5. The molecule has 1 aromatic heterocycles. The van der Waals surface area contributed by atoms with E-state index in [0.29, 0.717) is 18.9 Å². The van der Waals surface area contributed by atoms with Gasteiger partial charge in [0.1, 0.15) is 0 Å². The van der Waals surface area contributed by atoms with Gasteiger partial charge in [-0.2, -0.15) is 0 Å². The Balaban J connectivity index is 0.00000210. The number of hydrogen-bond acceptors (Lipinski definition) is 4. The molecule has 3 aromatic rings. The van der Waals surface area contributed by atoms with Crippen molar-refractivity contribution in [3.8, 4) is 0 Å². The van der Waals surface area contributed by atoms with Crippen LogP contribution in [0.5, 0.6) is 0 Å². The first kappa shape index (κ1) is 30.6.